The van der Waals surface area contributed by atoms with Crippen LogP contribution >= 0.6 is 0 Å². The minimum Gasteiger partial charge on any atom is -0.370 e. The highest BCUT2D eigenvalue weighted by atomic mass is 19.2. The van der Waals surface area contributed by atoms with E-state index in [0.29, 0.717) is 0 Å². The van der Waals surface area contributed by atoms with Crippen molar-refractivity contribution >= 4 is 5.69 Å². The number of hydrogen-bond acceptors (Lipinski definition) is 2. The molecule has 1 aromatic carbocycles. The van der Waals surface area contributed by atoms with Gasteiger partial charge in [0.1, 0.15) is 0 Å². The first kappa shape index (κ1) is 14.3. The van der Waals surface area contributed by atoms with Crippen molar-refractivity contribution in [3.8, 4) is 0 Å². The molecule has 0 aromatic heterocycles. The fourth-order valence-corrected chi connectivity index (χ4v) is 2.75. The predicted octanol–water partition coefficient (Wildman–Crippen LogP) is 3.32. The molecule has 19 heavy (non-hydrogen) atoms. The molecule has 0 aliphatic carbocycles. The number of benzene rings is 1. The maximum atomic E-state index is 13.4. The molecule has 2 rings (SSSR count). The maximum absolute atomic E-state index is 13.4. The summed E-state index contributed by atoms with van der Waals surface area (Å²) in [7, 11) is 0. The summed E-state index contributed by atoms with van der Waals surface area (Å²) in [5.41, 5.74) is 0.843. The molecular formula is C15H22F2N2. The summed E-state index contributed by atoms with van der Waals surface area (Å²) in [5, 5.41) is 3.61. The quantitative estimate of drug-likeness (QED) is 0.904. The molecule has 0 saturated carbocycles. The largest absolute Gasteiger partial charge is 0.370 e. The molecule has 0 radical (unpaired) electrons. The molecule has 0 atom stereocenters. The maximum Gasteiger partial charge on any atom is 0.160 e. The molecule has 0 amide bonds. The Labute approximate surface area is 113 Å². The zero-order valence-electron chi connectivity index (χ0n) is 11.7. The van der Waals surface area contributed by atoms with Gasteiger partial charge in [0.05, 0.1) is 0 Å². The van der Waals surface area contributed by atoms with Gasteiger partial charge in [-0.05, 0) is 37.9 Å². The van der Waals surface area contributed by atoms with Gasteiger partial charge in [0.15, 0.2) is 11.6 Å². The minimum atomic E-state index is -0.783. The molecular weight excluding hydrogens is 246 g/mol. The average Bonchev–Trinajstić information content (AvgIpc) is 2.65. The van der Waals surface area contributed by atoms with E-state index in [9.17, 15) is 8.78 Å². The van der Waals surface area contributed by atoms with Gasteiger partial charge in [-0.3, -0.25) is 0 Å². The monoisotopic (exact) mass is 268 g/mol. The van der Waals surface area contributed by atoms with E-state index in [2.05, 4.69) is 24.1 Å². The normalized spacial score (nSPS) is 19.3. The lowest BCUT2D eigenvalue weighted by molar-refractivity contribution is 0.321. The number of hydrogen-bond donors (Lipinski definition) is 1. The highest BCUT2D eigenvalue weighted by Gasteiger charge is 2.30. The van der Waals surface area contributed by atoms with Crippen LogP contribution in [0.5, 0.6) is 0 Å². The average molecular weight is 268 g/mol. The van der Waals surface area contributed by atoms with Gasteiger partial charge in [-0.1, -0.05) is 13.8 Å². The van der Waals surface area contributed by atoms with E-state index < -0.39 is 11.6 Å². The zero-order chi connectivity index (χ0) is 13.9. The van der Waals surface area contributed by atoms with E-state index in [-0.39, 0.29) is 5.54 Å². The fourth-order valence-electron chi connectivity index (χ4n) is 2.75. The molecule has 1 fully saturated rings. The first-order valence-electron chi connectivity index (χ1n) is 7.05. The van der Waals surface area contributed by atoms with Crippen LogP contribution in [0.2, 0.25) is 0 Å². The topological polar surface area (TPSA) is 15.3 Å². The van der Waals surface area contributed by atoms with E-state index in [1.165, 1.54) is 12.1 Å². The van der Waals surface area contributed by atoms with Crippen LogP contribution in [0.4, 0.5) is 14.5 Å². The van der Waals surface area contributed by atoms with Crippen LogP contribution < -0.4 is 10.2 Å². The predicted molar refractivity (Wildman–Crippen MR) is 74.5 cm³/mol. The third-order valence-electron chi connectivity index (χ3n) is 4.22. The number of halogens is 2. The Morgan fingerprint density at radius 3 is 2.58 bits per heavy atom. The van der Waals surface area contributed by atoms with Crippen molar-refractivity contribution in [2.24, 2.45) is 0 Å². The van der Waals surface area contributed by atoms with E-state index in [4.69, 9.17) is 0 Å². The highest BCUT2D eigenvalue weighted by molar-refractivity contribution is 5.47. The van der Waals surface area contributed by atoms with E-state index in [0.717, 1.165) is 44.6 Å². The van der Waals surface area contributed by atoms with Crippen molar-refractivity contribution in [2.75, 3.05) is 24.5 Å². The van der Waals surface area contributed by atoms with Crippen molar-refractivity contribution in [1.29, 1.82) is 0 Å². The van der Waals surface area contributed by atoms with Gasteiger partial charge in [-0.25, -0.2) is 8.78 Å². The molecule has 106 valence electrons. The Morgan fingerprint density at radius 2 is 1.95 bits per heavy atom. The first-order chi connectivity index (χ1) is 9.10. The third kappa shape index (κ3) is 3.06. The van der Waals surface area contributed by atoms with Crippen LogP contribution in [0, 0.1) is 11.6 Å². The van der Waals surface area contributed by atoms with Crippen molar-refractivity contribution in [1.82, 2.24) is 5.32 Å². The van der Waals surface area contributed by atoms with E-state index in [1.807, 2.05) is 0 Å². The Balaban J connectivity index is 2.24. The molecule has 1 aliphatic heterocycles. The lowest BCUT2D eigenvalue weighted by Crippen LogP contribution is -2.50. The number of nitrogens with zero attached hydrogens (tertiary/aromatic N) is 1. The molecule has 1 aliphatic rings. The van der Waals surface area contributed by atoms with Crippen molar-refractivity contribution in [2.45, 2.75) is 38.6 Å². The summed E-state index contributed by atoms with van der Waals surface area (Å²) < 4.78 is 26.4. The molecule has 0 unspecified atom stereocenters. The lowest BCUT2D eigenvalue weighted by atomic mass is 9.92. The SMILES string of the molecule is CCC1(CC)CN(c2ccc(F)c(F)c2)CCCN1. The lowest BCUT2D eigenvalue weighted by Gasteiger charge is -2.36. The summed E-state index contributed by atoms with van der Waals surface area (Å²) in [6.07, 6.45) is 3.08. The van der Waals surface area contributed by atoms with Gasteiger partial charge in [0.25, 0.3) is 0 Å². The van der Waals surface area contributed by atoms with Crippen molar-refractivity contribution < 1.29 is 8.78 Å². The van der Waals surface area contributed by atoms with Crippen LogP contribution in [0.3, 0.4) is 0 Å². The molecule has 2 nitrogen and oxygen atoms in total. The number of nitrogens with one attached hydrogen (secondary N) is 1. The Bertz CT molecular complexity index is 430. The van der Waals surface area contributed by atoms with Crippen molar-refractivity contribution in [3.63, 3.8) is 0 Å². The Kier molecular flexibility index (Phi) is 4.40. The zero-order valence-corrected chi connectivity index (χ0v) is 11.7. The van der Waals surface area contributed by atoms with Gasteiger partial charge in [0.2, 0.25) is 0 Å². The summed E-state index contributed by atoms with van der Waals surface area (Å²) >= 11 is 0. The molecule has 1 N–H and O–H groups in total. The molecule has 1 heterocycles. The van der Waals surface area contributed by atoms with E-state index in [1.54, 1.807) is 6.07 Å². The molecule has 1 saturated heterocycles. The molecule has 0 spiro atoms. The molecule has 1 aromatic rings. The van der Waals surface area contributed by atoms with Gasteiger partial charge < -0.3 is 10.2 Å². The smallest absolute Gasteiger partial charge is 0.160 e. The number of anilines is 1. The van der Waals surface area contributed by atoms with Gasteiger partial charge >= 0.3 is 0 Å². The Hall–Kier alpha value is -1.16. The summed E-state index contributed by atoms with van der Waals surface area (Å²) in [5.74, 6) is -1.55. The van der Waals surface area contributed by atoms with Crippen molar-refractivity contribution in [3.05, 3.63) is 29.8 Å². The standard InChI is InChI=1S/C15H22F2N2/c1-3-15(4-2)11-19(9-5-8-18-15)12-6-7-13(16)14(17)10-12/h6-7,10,18H,3-5,8-9,11H2,1-2H3. The van der Waals surface area contributed by atoms with E-state index >= 15 is 0 Å². The van der Waals surface area contributed by atoms with Gasteiger partial charge in [0, 0.05) is 30.4 Å². The second-order valence-electron chi connectivity index (χ2n) is 5.29. The highest BCUT2D eigenvalue weighted by Crippen LogP contribution is 2.25. The molecule has 4 heteroatoms. The second-order valence-corrected chi connectivity index (χ2v) is 5.29. The molecule has 0 bridgehead atoms. The van der Waals surface area contributed by atoms with Crippen LogP contribution in [0.15, 0.2) is 18.2 Å². The third-order valence-corrected chi connectivity index (χ3v) is 4.22. The van der Waals surface area contributed by atoms with Crippen LogP contribution in [0.25, 0.3) is 0 Å². The summed E-state index contributed by atoms with van der Waals surface area (Å²) in [4.78, 5) is 2.16. The second kappa shape index (κ2) is 5.87. The Morgan fingerprint density at radius 1 is 1.21 bits per heavy atom. The first-order valence-corrected chi connectivity index (χ1v) is 7.05. The number of rotatable bonds is 3. The van der Waals surface area contributed by atoms with Gasteiger partial charge in [-0.2, -0.15) is 0 Å². The summed E-state index contributed by atoms with van der Waals surface area (Å²) in [6, 6.07) is 4.18. The van der Waals surface area contributed by atoms with Crippen LogP contribution in [0.1, 0.15) is 33.1 Å². The summed E-state index contributed by atoms with van der Waals surface area (Å²) in [6.45, 7) is 7.03. The minimum absolute atomic E-state index is 0.0708. The van der Waals surface area contributed by atoms with Crippen LogP contribution in [-0.2, 0) is 0 Å². The fraction of sp³-hybridized carbons (Fsp3) is 0.600. The van der Waals surface area contributed by atoms with Crippen LogP contribution in [-0.4, -0.2) is 25.2 Å². The van der Waals surface area contributed by atoms with Gasteiger partial charge in [-0.15, -0.1) is 0 Å².